The number of carbonyl (C=O) groups excluding carboxylic acids is 4. The lowest BCUT2D eigenvalue weighted by Crippen LogP contribution is -2.47. The molecule has 1 aromatic carbocycles. The van der Waals surface area contributed by atoms with Gasteiger partial charge in [0.05, 0.1) is 18.5 Å². The van der Waals surface area contributed by atoms with Crippen molar-refractivity contribution in [2.24, 2.45) is 11.8 Å². The summed E-state index contributed by atoms with van der Waals surface area (Å²) in [6.07, 6.45) is 1.68. The Morgan fingerprint density at radius 1 is 1.24 bits per heavy atom. The molecule has 33 heavy (non-hydrogen) atoms. The van der Waals surface area contributed by atoms with Crippen LogP contribution in [0.2, 0.25) is 0 Å². The van der Waals surface area contributed by atoms with Gasteiger partial charge in [0.15, 0.2) is 5.78 Å². The molecule has 0 saturated carbocycles. The van der Waals surface area contributed by atoms with E-state index in [9.17, 15) is 19.2 Å². The van der Waals surface area contributed by atoms with Crippen LogP contribution in [0.3, 0.4) is 0 Å². The number of hydrogen-bond donors (Lipinski definition) is 2. The first kappa shape index (κ1) is 24.1. The maximum atomic E-state index is 13.1. The molecule has 1 aliphatic heterocycles. The number of fused-ring (bicyclic) bond motifs is 1. The van der Waals surface area contributed by atoms with Gasteiger partial charge in [-0.3, -0.25) is 14.4 Å². The van der Waals surface area contributed by atoms with Crippen LogP contribution in [0.4, 0.5) is 4.79 Å². The van der Waals surface area contributed by atoms with Crippen LogP contribution < -0.4 is 10.6 Å². The number of aryl methyl sites for hydroxylation is 1. The van der Waals surface area contributed by atoms with Crippen molar-refractivity contribution >= 4 is 23.6 Å². The van der Waals surface area contributed by atoms with E-state index in [2.05, 4.69) is 20.7 Å². The molecule has 10 nitrogen and oxygen atoms in total. The number of amides is 2. The molecular formula is C23H29N5O5. The monoisotopic (exact) mass is 455 g/mol. The third kappa shape index (κ3) is 6.71. The Morgan fingerprint density at radius 3 is 2.73 bits per heavy atom. The van der Waals surface area contributed by atoms with E-state index >= 15 is 0 Å². The van der Waals surface area contributed by atoms with Crippen LogP contribution in [0.5, 0.6) is 0 Å². The SMILES string of the molecule is CC(C)C(NC(=O)OCc1ccccc1)C(=O)CC1Cn2ncnc2CCCNC(=O)C1=O. The van der Waals surface area contributed by atoms with Gasteiger partial charge in [-0.1, -0.05) is 44.2 Å². The van der Waals surface area contributed by atoms with E-state index < -0.39 is 29.7 Å². The van der Waals surface area contributed by atoms with Crippen molar-refractivity contribution in [2.45, 2.75) is 52.3 Å². The number of benzene rings is 1. The van der Waals surface area contributed by atoms with Crippen LogP contribution in [0, 0.1) is 11.8 Å². The van der Waals surface area contributed by atoms with E-state index in [1.165, 1.54) is 6.33 Å². The van der Waals surface area contributed by atoms with Gasteiger partial charge >= 0.3 is 6.09 Å². The van der Waals surface area contributed by atoms with Gasteiger partial charge in [-0.25, -0.2) is 14.5 Å². The molecule has 0 saturated heterocycles. The van der Waals surface area contributed by atoms with E-state index in [0.717, 1.165) is 5.56 Å². The molecule has 3 rings (SSSR count). The Labute approximate surface area is 192 Å². The van der Waals surface area contributed by atoms with Crippen LogP contribution in [0.1, 0.15) is 38.1 Å². The Bertz CT molecular complexity index is 988. The molecule has 2 N–H and O–H groups in total. The molecule has 2 heterocycles. The second-order valence-corrected chi connectivity index (χ2v) is 8.38. The van der Waals surface area contributed by atoms with Crippen molar-refractivity contribution in [2.75, 3.05) is 6.54 Å². The molecule has 0 spiro atoms. The van der Waals surface area contributed by atoms with Crippen molar-refractivity contribution in [3.8, 4) is 0 Å². The lowest BCUT2D eigenvalue weighted by molar-refractivity contribution is -0.141. The number of alkyl carbamates (subject to hydrolysis) is 1. The Morgan fingerprint density at radius 2 is 2.00 bits per heavy atom. The smallest absolute Gasteiger partial charge is 0.408 e. The van der Waals surface area contributed by atoms with E-state index in [1.807, 2.05) is 30.3 Å². The molecule has 0 fully saturated rings. The van der Waals surface area contributed by atoms with E-state index in [0.29, 0.717) is 25.2 Å². The first-order chi connectivity index (χ1) is 15.8. The third-order valence-corrected chi connectivity index (χ3v) is 5.49. The normalized spacial score (nSPS) is 17.6. The molecule has 176 valence electrons. The third-order valence-electron chi connectivity index (χ3n) is 5.49. The van der Waals surface area contributed by atoms with Gasteiger partial charge in [-0.15, -0.1) is 0 Å². The van der Waals surface area contributed by atoms with Crippen molar-refractivity contribution in [1.82, 2.24) is 25.4 Å². The van der Waals surface area contributed by atoms with Gasteiger partial charge in [0.1, 0.15) is 18.8 Å². The molecule has 2 aromatic rings. The zero-order valence-electron chi connectivity index (χ0n) is 18.8. The largest absolute Gasteiger partial charge is 0.445 e. The summed E-state index contributed by atoms with van der Waals surface area (Å²) < 4.78 is 6.80. The molecule has 0 aliphatic carbocycles. The number of carbonyl (C=O) groups is 4. The summed E-state index contributed by atoms with van der Waals surface area (Å²) in [5.41, 5.74) is 0.821. The number of aromatic nitrogens is 3. The molecule has 1 aromatic heterocycles. The number of ketones is 2. The maximum absolute atomic E-state index is 13.1. The van der Waals surface area contributed by atoms with E-state index in [1.54, 1.807) is 18.5 Å². The van der Waals surface area contributed by atoms with Crippen molar-refractivity contribution in [3.05, 3.63) is 48.0 Å². The standard InChI is InChI=1S/C23H29N5O5/c1-15(2)20(27-23(32)33-13-16-7-4-3-5-8-16)18(29)11-17-12-28-19(25-14-26-28)9-6-10-24-22(31)21(17)30/h3-5,7-8,14-15,17,20H,6,9-13H2,1-2H3,(H,24,31)(H,27,32). The van der Waals surface area contributed by atoms with Crippen molar-refractivity contribution < 1.29 is 23.9 Å². The number of rotatable bonds is 7. The molecule has 2 atom stereocenters. The lowest BCUT2D eigenvalue weighted by atomic mass is 9.90. The minimum absolute atomic E-state index is 0.0661. The quantitative estimate of drug-likeness (QED) is 0.604. The highest BCUT2D eigenvalue weighted by atomic mass is 16.5. The van der Waals surface area contributed by atoms with Gasteiger partial charge in [0.2, 0.25) is 5.78 Å². The fourth-order valence-corrected chi connectivity index (χ4v) is 3.68. The predicted octanol–water partition coefficient (Wildman–Crippen LogP) is 1.44. The van der Waals surface area contributed by atoms with E-state index in [4.69, 9.17) is 4.74 Å². The fraction of sp³-hybridized carbons (Fsp3) is 0.478. The summed E-state index contributed by atoms with van der Waals surface area (Å²) in [4.78, 5) is 54.7. The first-order valence-corrected chi connectivity index (χ1v) is 11.0. The molecular weight excluding hydrogens is 426 g/mol. The maximum Gasteiger partial charge on any atom is 0.408 e. The zero-order valence-corrected chi connectivity index (χ0v) is 18.8. The highest BCUT2D eigenvalue weighted by molar-refractivity contribution is 6.37. The first-order valence-electron chi connectivity index (χ1n) is 11.0. The molecule has 2 unspecified atom stereocenters. The lowest BCUT2D eigenvalue weighted by Gasteiger charge is -2.24. The summed E-state index contributed by atoms with van der Waals surface area (Å²) >= 11 is 0. The Hall–Kier alpha value is -3.56. The van der Waals surface area contributed by atoms with Crippen LogP contribution in [-0.4, -0.2) is 50.9 Å². The minimum Gasteiger partial charge on any atom is -0.445 e. The highest BCUT2D eigenvalue weighted by Crippen LogP contribution is 2.16. The number of nitrogens with one attached hydrogen (secondary N) is 2. The second kappa shape index (κ2) is 11.3. The van der Waals surface area contributed by atoms with Gasteiger partial charge < -0.3 is 15.4 Å². The Kier molecular flexibility index (Phi) is 8.28. The van der Waals surface area contributed by atoms with Crippen LogP contribution in [0.25, 0.3) is 0 Å². The van der Waals surface area contributed by atoms with Gasteiger partial charge in [0.25, 0.3) is 5.91 Å². The molecule has 0 radical (unpaired) electrons. The summed E-state index contributed by atoms with van der Waals surface area (Å²) in [6, 6.07) is 8.32. The average molecular weight is 456 g/mol. The van der Waals surface area contributed by atoms with Gasteiger partial charge in [0, 0.05) is 19.4 Å². The fourth-order valence-electron chi connectivity index (χ4n) is 3.68. The number of ether oxygens (including phenoxy) is 1. The molecule has 0 bridgehead atoms. The average Bonchev–Trinajstić information content (AvgIpc) is 3.24. The minimum atomic E-state index is -0.917. The number of hydrogen-bond acceptors (Lipinski definition) is 7. The second-order valence-electron chi connectivity index (χ2n) is 8.38. The van der Waals surface area contributed by atoms with Crippen LogP contribution in [0.15, 0.2) is 36.7 Å². The number of Topliss-reactive ketones (excluding diaryl/α,β-unsaturated/α-hetero) is 2. The predicted molar refractivity (Wildman–Crippen MR) is 118 cm³/mol. The number of nitrogens with zero attached hydrogens (tertiary/aromatic N) is 3. The van der Waals surface area contributed by atoms with Crippen LogP contribution >= 0.6 is 0 Å². The van der Waals surface area contributed by atoms with Crippen LogP contribution in [-0.2, 0) is 38.7 Å². The van der Waals surface area contributed by atoms with Gasteiger partial charge in [-0.2, -0.15) is 5.10 Å². The zero-order chi connectivity index (χ0) is 23.8. The topological polar surface area (TPSA) is 132 Å². The Balaban J connectivity index is 1.67. The summed E-state index contributed by atoms with van der Waals surface area (Å²) in [5, 5.41) is 9.36. The summed E-state index contributed by atoms with van der Waals surface area (Å²) in [6.45, 7) is 4.05. The molecule has 1 aliphatic rings. The van der Waals surface area contributed by atoms with Gasteiger partial charge in [-0.05, 0) is 17.9 Å². The highest BCUT2D eigenvalue weighted by Gasteiger charge is 2.33. The van der Waals surface area contributed by atoms with E-state index in [-0.39, 0.29) is 31.3 Å². The van der Waals surface area contributed by atoms with Crippen molar-refractivity contribution in [3.63, 3.8) is 0 Å². The molecule has 10 heteroatoms. The molecule has 2 amide bonds. The van der Waals surface area contributed by atoms with Crippen molar-refractivity contribution in [1.29, 1.82) is 0 Å². The summed E-state index contributed by atoms with van der Waals surface area (Å²) in [7, 11) is 0. The summed E-state index contributed by atoms with van der Waals surface area (Å²) in [5.74, 6) is -2.22.